The zero-order chi connectivity index (χ0) is 28.4. The van der Waals surface area contributed by atoms with Crippen molar-refractivity contribution >= 4 is 22.9 Å². The van der Waals surface area contributed by atoms with E-state index in [9.17, 15) is 9.59 Å². The number of ketones is 2. The normalized spacial score (nSPS) is 12.3. The van der Waals surface area contributed by atoms with E-state index in [1.54, 1.807) is 38.5 Å². The van der Waals surface area contributed by atoms with Gasteiger partial charge in [-0.3, -0.25) is 9.59 Å². The Morgan fingerprint density at radius 1 is 0.525 bits per heavy atom. The number of rotatable bonds is 22. The Balaban J connectivity index is 1.54. The van der Waals surface area contributed by atoms with E-state index in [1.807, 2.05) is 12.1 Å². The van der Waals surface area contributed by atoms with Gasteiger partial charge in [0.2, 0.25) is 0 Å². The van der Waals surface area contributed by atoms with Crippen LogP contribution < -0.4 is 10.6 Å². The largest absolute Gasteiger partial charge is 0.384 e. The van der Waals surface area contributed by atoms with Crippen LogP contribution in [0.3, 0.4) is 0 Å². The molecule has 0 aromatic heterocycles. The van der Waals surface area contributed by atoms with Crippen LogP contribution in [0, 0.1) is 0 Å². The van der Waals surface area contributed by atoms with Crippen molar-refractivity contribution in [3.8, 4) is 0 Å². The first kappa shape index (κ1) is 31.7. The van der Waals surface area contributed by atoms with Crippen LogP contribution in [0.25, 0.3) is 0 Å². The first-order valence-corrected chi connectivity index (χ1v) is 13.8. The summed E-state index contributed by atoms with van der Waals surface area (Å²) in [4.78, 5) is 27.1. The molecule has 3 rings (SSSR count). The maximum Gasteiger partial charge on any atom is 0.196 e. The molecule has 0 spiro atoms. The predicted octanol–water partition coefficient (Wildman–Crippen LogP) is 3.43. The quantitative estimate of drug-likeness (QED) is 0.178. The molecule has 2 N–H and O–H groups in total. The standard InChI is InChI=1S/C30H42N2O8/c1-35-15-17-39-21-19-37-13-5-11-31-25-9-10-26(32-12-6-14-38-20-22-40-18-16-36-2)28-27(25)29(33)23-7-3-4-8-24(23)30(28)34/h3-4,7-10,31-32H,5-6,11-22H2,1-2H3. The average molecular weight is 559 g/mol. The van der Waals surface area contributed by atoms with Crippen molar-refractivity contribution in [2.24, 2.45) is 0 Å². The number of nitrogens with one attached hydrogen (secondary N) is 2. The van der Waals surface area contributed by atoms with E-state index in [0.717, 1.165) is 12.8 Å². The van der Waals surface area contributed by atoms with Gasteiger partial charge in [-0.15, -0.1) is 0 Å². The Morgan fingerprint density at radius 3 is 1.30 bits per heavy atom. The molecule has 0 bridgehead atoms. The Morgan fingerprint density at radius 2 is 0.900 bits per heavy atom. The highest BCUT2D eigenvalue weighted by Crippen LogP contribution is 2.36. The lowest BCUT2D eigenvalue weighted by atomic mass is 9.82. The van der Waals surface area contributed by atoms with Gasteiger partial charge in [-0.25, -0.2) is 0 Å². The summed E-state index contributed by atoms with van der Waals surface area (Å²) in [6.45, 7) is 6.58. The zero-order valence-corrected chi connectivity index (χ0v) is 23.6. The highest BCUT2D eigenvalue weighted by molar-refractivity contribution is 6.31. The Kier molecular flexibility index (Phi) is 14.6. The van der Waals surface area contributed by atoms with Crippen LogP contribution in [0.1, 0.15) is 44.7 Å². The molecule has 0 saturated heterocycles. The third kappa shape index (κ3) is 9.65. The summed E-state index contributed by atoms with van der Waals surface area (Å²) in [5.41, 5.74) is 2.97. The molecule has 1 aliphatic rings. The molecule has 0 radical (unpaired) electrons. The number of ether oxygens (including phenoxy) is 6. The fourth-order valence-corrected chi connectivity index (χ4v) is 4.24. The SMILES string of the molecule is COCCOCCOCCCNc1ccc(NCCCOCCOCCOC)c2c1C(=O)c1ccccc1C2=O. The lowest BCUT2D eigenvalue weighted by molar-refractivity contribution is 0.0248. The maximum atomic E-state index is 13.5. The number of anilines is 2. The summed E-state index contributed by atoms with van der Waals surface area (Å²) in [6.07, 6.45) is 1.48. The smallest absolute Gasteiger partial charge is 0.196 e. The number of benzene rings is 2. The fourth-order valence-electron chi connectivity index (χ4n) is 4.24. The van der Waals surface area contributed by atoms with Crippen LogP contribution in [0.2, 0.25) is 0 Å². The molecule has 10 heteroatoms. The van der Waals surface area contributed by atoms with Gasteiger partial charge in [-0.1, -0.05) is 24.3 Å². The van der Waals surface area contributed by atoms with Crippen molar-refractivity contribution in [1.82, 2.24) is 0 Å². The Labute approximate surface area is 236 Å². The molecule has 10 nitrogen and oxygen atoms in total. The predicted molar refractivity (Wildman–Crippen MR) is 153 cm³/mol. The van der Waals surface area contributed by atoms with Gasteiger partial charge in [0, 0.05) is 63.0 Å². The minimum absolute atomic E-state index is 0.155. The van der Waals surface area contributed by atoms with E-state index in [1.165, 1.54) is 0 Å². The van der Waals surface area contributed by atoms with E-state index >= 15 is 0 Å². The summed E-state index contributed by atoms with van der Waals surface area (Å²) in [7, 11) is 3.27. The van der Waals surface area contributed by atoms with Crippen LogP contribution in [-0.4, -0.2) is 105 Å². The van der Waals surface area contributed by atoms with Crippen molar-refractivity contribution in [3.63, 3.8) is 0 Å². The molecule has 0 atom stereocenters. The fraction of sp³-hybridized carbons (Fsp3) is 0.533. The molecule has 0 aliphatic heterocycles. The van der Waals surface area contributed by atoms with E-state index in [4.69, 9.17) is 28.4 Å². The molecule has 40 heavy (non-hydrogen) atoms. The third-order valence-electron chi connectivity index (χ3n) is 6.25. The number of carbonyl (C=O) groups is 2. The summed E-state index contributed by atoms with van der Waals surface area (Å²) in [5.74, 6) is -0.310. The molecule has 220 valence electrons. The monoisotopic (exact) mass is 558 g/mol. The second-order valence-corrected chi connectivity index (χ2v) is 9.11. The molecule has 0 fully saturated rings. The van der Waals surface area contributed by atoms with Crippen LogP contribution in [0.15, 0.2) is 36.4 Å². The first-order valence-electron chi connectivity index (χ1n) is 13.8. The van der Waals surface area contributed by atoms with Crippen molar-refractivity contribution in [3.05, 3.63) is 58.7 Å². The first-order chi connectivity index (χ1) is 19.7. The summed E-state index contributed by atoms with van der Waals surface area (Å²) in [6, 6.07) is 10.7. The van der Waals surface area contributed by atoms with E-state index < -0.39 is 0 Å². The molecule has 0 amide bonds. The second-order valence-electron chi connectivity index (χ2n) is 9.11. The van der Waals surface area contributed by atoms with Crippen molar-refractivity contribution in [1.29, 1.82) is 0 Å². The lowest BCUT2D eigenvalue weighted by Gasteiger charge is -2.24. The number of hydrogen-bond donors (Lipinski definition) is 2. The topological polar surface area (TPSA) is 114 Å². The van der Waals surface area contributed by atoms with Crippen LogP contribution >= 0.6 is 0 Å². The number of fused-ring (bicyclic) bond motifs is 2. The highest BCUT2D eigenvalue weighted by atomic mass is 16.5. The Bertz CT molecular complexity index is 980. The third-order valence-corrected chi connectivity index (χ3v) is 6.25. The van der Waals surface area contributed by atoms with E-state index in [2.05, 4.69) is 10.6 Å². The molecule has 0 unspecified atom stereocenters. The molecule has 2 aromatic carbocycles. The number of hydrogen-bond acceptors (Lipinski definition) is 10. The van der Waals surface area contributed by atoms with Gasteiger partial charge in [0.25, 0.3) is 0 Å². The van der Waals surface area contributed by atoms with Crippen molar-refractivity contribution < 1.29 is 38.0 Å². The maximum absolute atomic E-state index is 13.5. The van der Waals surface area contributed by atoms with Gasteiger partial charge in [0.15, 0.2) is 11.6 Å². The van der Waals surface area contributed by atoms with Gasteiger partial charge in [0.1, 0.15) is 0 Å². The molecular formula is C30H42N2O8. The van der Waals surface area contributed by atoms with E-state index in [0.29, 0.717) is 113 Å². The molecule has 0 saturated carbocycles. The van der Waals surface area contributed by atoms with Gasteiger partial charge < -0.3 is 39.1 Å². The lowest BCUT2D eigenvalue weighted by Crippen LogP contribution is -2.25. The summed E-state index contributed by atoms with van der Waals surface area (Å²) in [5, 5.41) is 6.68. The summed E-state index contributed by atoms with van der Waals surface area (Å²) < 4.78 is 31.9. The van der Waals surface area contributed by atoms with E-state index in [-0.39, 0.29) is 11.6 Å². The van der Waals surface area contributed by atoms with Gasteiger partial charge in [-0.05, 0) is 25.0 Å². The van der Waals surface area contributed by atoms with Crippen molar-refractivity contribution in [2.75, 3.05) is 104 Å². The van der Waals surface area contributed by atoms with Gasteiger partial charge in [0.05, 0.1) is 64.0 Å². The molecule has 0 heterocycles. The highest BCUT2D eigenvalue weighted by Gasteiger charge is 2.33. The Hall–Kier alpha value is -2.86. The average Bonchev–Trinajstić information content (AvgIpc) is 2.98. The molecular weight excluding hydrogens is 516 g/mol. The van der Waals surface area contributed by atoms with Crippen molar-refractivity contribution in [2.45, 2.75) is 12.8 Å². The van der Waals surface area contributed by atoms with Gasteiger partial charge >= 0.3 is 0 Å². The summed E-state index contributed by atoms with van der Waals surface area (Å²) >= 11 is 0. The van der Waals surface area contributed by atoms with Gasteiger partial charge in [-0.2, -0.15) is 0 Å². The second kappa shape index (κ2) is 18.5. The molecule has 2 aromatic rings. The minimum atomic E-state index is -0.155. The van der Waals surface area contributed by atoms with Crippen LogP contribution in [0.5, 0.6) is 0 Å². The number of carbonyl (C=O) groups excluding carboxylic acids is 2. The van der Waals surface area contributed by atoms with Crippen LogP contribution in [-0.2, 0) is 28.4 Å². The molecule has 1 aliphatic carbocycles. The van der Waals surface area contributed by atoms with Crippen LogP contribution in [0.4, 0.5) is 11.4 Å². The number of methoxy groups -OCH3 is 2. The zero-order valence-electron chi connectivity index (χ0n) is 23.6. The minimum Gasteiger partial charge on any atom is -0.384 e.